The van der Waals surface area contributed by atoms with E-state index in [0.717, 1.165) is 37.4 Å². The number of carbonyl (C=O) groups is 1. The molecular weight excluding hydrogens is 314 g/mol. The summed E-state index contributed by atoms with van der Waals surface area (Å²) >= 11 is 0. The molecule has 1 aliphatic rings. The number of aryl methyl sites for hydroxylation is 1. The van der Waals surface area contributed by atoms with E-state index in [9.17, 15) is 4.79 Å². The van der Waals surface area contributed by atoms with Crippen molar-refractivity contribution in [3.05, 3.63) is 59.9 Å². The van der Waals surface area contributed by atoms with Gasteiger partial charge in [0.2, 0.25) is 5.91 Å². The highest BCUT2D eigenvalue weighted by Crippen LogP contribution is 2.26. The van der Waals surface area contributed by atoms with E-state index < -0.39 is 0 Å². The Balaban J connectivity index is 1.61. The number of hydrogen-bond donors (Lipinski definition) is 0. The number of benzene rings is 1. The van der Waals surface area contributed by atoms with Gasteiger partial charge in [-0.05, 0) is 42.8 Å². The Kier molecular flexibility index (Phi) is 5.66. The Labute approximate surface area is 149 Å². The van der Waals surface area contributed by atoms with Crippen molar-refractivity contribution in [1.29, 1.82) is 0 Å². The van der Waals surface area contributed by atoms with Crippen LogP contribution in [0.3, 0.4) is 0 Å². The SMILES string of the molecule is COc1ccc(C2CN(C(=O)CCc3cccnc3)CCN2C)cc1. The maximum absolute atomic E-state index is 12.6. The average Bonchev–Trinajstić information content (AvgIpc) is 2.67. The molecule has 1 unspecified atom stereocenters. The summed E-state index contributed by atoms with van der Waals surface area (Å²) in [6, 6.07) is 12.3. The zero-order chi connectivity index (χ0) is 17.6. The fourth-order valence-corrected chi connectivity index (χ4v) is 3.24. The number of pyridine rings is 1. The monoisotopic (exact) mass is 339 g/mol. The maximum Gasteiger partial charge on any atom is 0.223 e. The Morgan fingerprint density at radius 2 is 2.04 bits per heavy atom. The molecule has 1 aromatic heterocycles. The lowest BCUT2D eigenvalue weighted by Gasteiger charge is -2.39. The summed E-state index contributed by atoms with van der Waals surface area (Å²) in [5, 5.41) is 0. The zero-order valence-electron chi connectivity index (χ0n) is 14.9. The zero-order valence-corrected chi connectivity index (χ0v) is 14.9. The van der Waals surface area contributed by atoms with Crippen LogP contribution in [0.25, 0.3) is 0 Å². The average molecular weight is 339 g/mol. The highest BCUT2D eigenvalue weighted by Gasteiger charge is 2.28. The van der Waals surface area contributed by atoms with Gasteiger partial charge in [-0.1, -0.05) is 18.2 Å². The molecule has 0 N–H and O–H groups in total. The van der Waals surface area contributed by atoms with E-state index >= 15 is 0 Å². The van der Waals surface area contributed by atoms with Crippen molar-refractivity contribution in [3.8, 4) is 5.75 Å². The molecule has 0 radical (unpaired) electrons. The van der Waals surface area contributed by atoms with Crippen molar-refractivity contribution >= 4 is 5.91 Å². The van der Waals surface area contributed by atoms with E-state index in [1.165, 1.54) is 5.56 Å². The van der Waals surface area contributed by atoms with Gasteiger partial charge in [-0.25, -0.2) is 0 Å². The molecular formula is C20H25N3O2. The number of likely N-dealkylation sites (N-methyl/N-ethyl adjacent to an activating group) is 1. The minimum atomic E-state index is 0.218. The number of carbonyl (C=O) groups excluding carboxylic acids is 1. The minimum absolute atomic E-state index is 0.218. The molecule has 1 atom stereocenters. The van der Waals surface area contributed by atoms with Crippen molar-refractivity contribution < 1.29 is 9.53 Å². The van der Waals surface area contributed by atoms with Crippen molar-refractivity contribution in [2.75, 3.05) is 33.8 Å². The molecule has 2 aromatic rings. The van der Waals surface area contributed by atoms with Crippen molar-refractivity contribution in [2.24, 2.45) is 0 Å². The van der Waals surface area contributed by atoms with Crippen LogP contribution >= 0.6 is 0 Å². The van der Waals surface area contributed by atoms with Crippen molar-refractivity contribution in [2.45, 2.75) is 18.9 Å². The summed E-state index contributed by atoms with van der Waals surface area (Å²) in [5.41, 5.74) is 2.32. The van der Waals surface area contributed by atoms with Crippen LogP contribution in [0.5, 0.6) is 5.75 Å². The summed E-state index contributed by atoms with van der Waals surface area (Å²) in [6.45, 7) is 2.40. The van der Waals surface area contributed by atoms with Crippen LogP contribution < -0.4 is 4.74 Å². The highest BCUT2D eigenvalue weighted by atomic mass is 16.5. The van der Waals surface area contributed by atoms with Gasteiger partial charge >= 0.3 is 0 Å². The van der Waals surface area contributed by atoms with Gasteiger partial charge in [0.15, 0.2) is 0 Å². The lowest BCUT2D eigenvalue weighted by atomic mass is 10.0. The molecule has 0 spiro atoms. The third kappa shape index (κ3) is 4.37. The smallest absolute Gasteiger partial charge is 0.223 e. The Bertz CT molecular complexity index is 688. The Morgan fingerprint density at radius 3 is 2.72 bits per heavy atom. The van der Waals surface area contributed by atoms with Gasteiger partial charge in [-0.2, -0.15) is 0 Å². The molecule has 1 aliphatic heterocycles. The molecule has 5 heteroatoms. The van der Waals surface area contributed by atoms with Gasteiger partial charge in [-0.15, -0.1) is 0 Å². The third-order valence-electron chi connectivity index (χ3n) is 4.85. The Hall–Kier alpha value is -2.40. The maximum atomic E-state index is 12.6. The molecule has 1 saturated heterocycles. The first-order valence-electron chi connectivity index (χ1n) is 8.68. The van der Waals surface area contributed by atoms with Gasteiger partial charge in [0, 0.05) is 38.4 Å². The van der Waals surface area contributed by atoms with Crippen molar-refractivity contribution in [3.63, 3.8) is 0 Å². The molecule has 0 saturated carbocycles. The molecule has 0 bridgehead atoms. The first kappa shape index (κ1) is 17.4. The Morgan fingerprint density at radius 1 is 1.24 bits per heavy atom. The predicted molar refractivity (Wildman–Crippen MR) is 97.5 cm³/mol. The molecule has 1 amide bonds. The number of ether oxygens (including phenoxy) is 1. The second-order valence-corrected chi connectivity index (χ2v) is 6.47. The number of methoxy groups -OCH3 is 1. The fraction of sp³-hybridized carbons (Fsp3) is 0.400. The lowest BCUT2D eigenvalue weighted by molar-refractivity contribution is -0.134. The second-order valence-electron chi connectivity index (χ2n) is 6.47. The summed E-state index contributed by atoms with van der Waals surface area (Å²) in [6.07, 6.45) is 4.86. The van der Waals surface area contributed by atoms with Crippen LogP contribution in [0.4, 0.5) is 0 Å². The summed E-state index contributed by atoms with van der Waals surface area (Å²) in [4.78, 5) is 21.0. The van der Waals surface area contributed by atoms with E-state index in [1.807, 2.05) is 35.4 Å². The van der Waals surface area contributed by atoms with E-state index in [-0.39, 0.29) is 11.9 Å². The van der Waals surface area contributed by atoms with Crippen LogP contribution in [0, 0.1) is 0 Å². The minimum Gasteiger partial charge on any atom is -0.497 e. The molecule has 25 heavy (non-hydrogen) atoms. The number of piperazine rings is 1. The van der Waals surface area contributed by atoms with Crippen LogP contribution in [0.2, 0.25) is 0 Å². The van der Waals surface area contributed by atoms with Gasteiger partial charge < -0.3 is 9.64 Å². The molecule has 5 nitrogen and oxygen atoms in total. The lowest BCUT2D eigenvalue weighted by Crippen LogP contribution is -2.49. The molecule has 3 rings (SSSR count). The second kappa shape index (κ2) is 8.12. The van der Waals surface area contributed by atoms with E-state index in [4.69, 9.17) is 4.74 Å². The topological polar surface area (TPSA) is 45.7 Å². The van der Waals surface area contributed by atoms with Gasteiger partial charge in [-0.3, -0.25) is 14.7 Å². The standard InChI is InChI=1S/C20H25N3O2/c1-22-12-13-23(20(24)10-5-16-4-3-11-21-14-16)15-19(22)17-6-8-18(25-2)9-7-17/h3-4,6-9,11,14,19H,5,10,12-13,15H2,1-2H3. The quantitative estimate of drug-likeness (QED) is 0.840. The van der Waals surface area contributed by atoms with Crippen LogP contribution in [-0.2, 0) is 11.2 Å². The molecule has 1 aromatic carbocycles. The third-order valence-corrected chi connectivity index (χ3v) is 4.85. The van der Waals surface area contributed by atoms with Gasteiger partial charge in [0.05, 0.1) is 13.2 Å². The number of amides is 1. The first-order valence-corrected chi connectivity index (χ1v) is 8.68. The molecule has 0 aliphatic carbocycles. The summed E-state index contributed by atoms with van der Waals surface area (Å²) < 4.78 is 5.23. The van der Waals surface area contributed by atoms with Crippen LogP contribution in [-0.4, -0.2) is 54.5 Å². The number of nitrogens with zero attached hydrogens (tertiary/aromatic N) is 3. The van der Waals surface area contributed by atoms with Gasteiger partial charge in [0.25, 0.3) is 0 Å². The highest BCUT2D eigenvalue weighted by molar-refractivity contribution is 5.76. The fourth-order valence-electron chi connectivity index (χ4n) is 3.24. The molecule has 132 valence electrons. The number of aromatic nitrogens is 1. The first-order chi connectivity index (χ1) is 12.2. The largest absolute Gasteiger partial charge is 0.497 e. The van der Waals surface area contributed by atoms with E-state index in [1.54, 1.807) is 13.3 Å². The predicted octanol–water partition coefficient (Wildman–Crippen LogP) is 2.54. The summed E-state index contributed by atoms with van der Waals surface area (Å²) in [7, 11) is 3.79. The van der Waals surface area contributed by atoms with Crippen LogP contribution in [0.15, 0.2) is 48.8 Å². The molecule has 1 fully saturated rings. The van der Waals surface area contributed by atoms with Gasteiger partial charge in [0.1, 0.15) is 5.75 Å². The molecule has 2 heterocycles. The van der Waals surface area contributed by atoms with Crippen LogP contribution in [0.1, 0.15) is 23.6 Å². The van der Waals surface area contributed by atoms with Crippen molar-refractivity contribution in [1.82, 2.24) is 14.8 Å². The van der Waals surface area contributed by atoms with E-state index in [2.05, 4.69) is 29.1 Å². The summed E-state index contributed by atoms with van der Waals surface area (Å²) in [5.74, 6) is 1.07. The number of rotatable bonds is 5. The normalized spacial score (nSPS) is 18.2. The number of hydrogen-bond acceptors (Lipinski definition) is 4. The van der Waals surface area contributed by atoms with E-state index in [0.29, 0.717) is 6.42 Å².